The molecule has 18 heavy (non-hydrogen) atoms. The van der Waals surface area contributed by atoms with Crippen LogP contribution < -0.4 is 0 Å². The summed E-state index contributed by atoms with van der Waals surface area (Å²) in [4.78, 5) is 13.5. The summed E-state index contributed by atoms with van der Waals surface area (Å²) in [6.07, 6.45) is 1.75. The summed E-state index contributed by atoms with van der Waals surface area (Å²) in [6, 6.07) is 0.275. The monoisotopic (exact) mass is 259 g/mol. The van der Waals surface area contributed by atoms with Gasteiger partial charge in [0.2, 0.25) is 0 Å². The minimum absolute atomic E-state index is 0.244. The number of alkyl halides is 1. The first-order valence-electron chi connectivity index (χ1n) is 6.86. The Labute approximate surface area is 107 Å². The number of hydrogen-bond acceptors (Lipinski definition) is 4. The van der Waals surface area contributed by atoms with Crippen LogP contribution in [0.5, 0.6) is 0 Å². The molecule has 2 aliphatic rings. The molecule has 5 heteroatoms. The van der Waals surface area contributed by atoms with Crippen molar-refractivity contribution in [3.8, 4) is 0 Å². The van der Waals surface area contributed by atoms with E-state index in [1.165, 1.54) is 0 Å². The lowest BCUT2D eigenvalue weighted by Gasteiger charge is -2.40. The number of likely N-dealkylation sites (tertiary alicyclic amines) is 1. The Morgan fingerprint density at radius 3 is 2.72 bits per heavy atom. The van der Waals surface area contributed by atoms with E-state index in [0.717, 1.165) is 26.1 Å². The quantitative estimate of drug-likeness (QED) is 0.571. The summed E-state index contributed by atoms with van der Waals surface area (Å²) in [5, 5.41) is 0. The van der Waals surface area contributed by atoms with Crippen LogP contribution in [0.3, 0.4) is 0 Å². The molecule has 0 amide bonds. The predicted molar refractivity (Wildman–Crippen MR) is 64.8 cm³/mol. The van der Waals surface area contributed by atoms with Crippen LogP contribution in [0.4, 0.5) is 4.39 Å². The second-order valence-corrected chi connectivity index (χ2v) is 4.99. The van der Waals surface area contributed by atoms with Gasteiger partial charge in [-0.3, -0.25) is 9.69 Å². The fourth-order valence-corrected chi connectivity index (χ4v) is 2.84. The number of hydrogen-bond donors (Lipinski definition) is 0. The van der Waals surface area contributed by atoms with Gasteiger partial charge in [0.05, 0.1) is 12.5 Å². The predicted octanol–water partition coefficient (Wildman–Crippen LogP) is 1.74. The molecule has 0 saturated carbocycles. The van der Waals surface area contributed by atoms with Gasteiger partial charge in [0, 0.05) is 32.2 Å². The number of carbonyl (C=O) groups is 1. The van der Waals surface area contributed by atoms with Crippen molar-refractivity contribution < 1.29 is 18.7 Å². The van der Waals surface area contributed by atoms with Crippen molar-refractivity contribution in [3.63, 3.8) is 0 Å². The third-order valence-corrected chi connectivity index (χ3v) is 3.85. The van der Waals surface area contributed by atoms with Gasteiger partial charge in [0.25, 0.3) is 0 Å². The molecule has 0 aliphatic carbocycles. The van der Waals surface area contributed by atoms with E-state index in [-0.39, 0.29) is 24.3 Å². The van der Waals surface area contributed by atoms with Gasteiger partial charge in [-0.2, -0.15) is 0 Å². The summed E-state index contributed by atoms with van der Waals surface area (Å²) in [5.74, 6) is -0.511. The number of piperidine rings is 1. The highest BCUT2D eigenvalue weighted by Gasteiger charge is 2.36. The van der Waals surface area contributed by atoms with Crippen LogP contribution in [0.15, 0.2) is 0 Å². The van der Waals surface area contributed by atoms with Crippen LogP contribution in [0.2, 0.25) is 0 Å². The average molecular weight is 259 g/mol. The highest BCUT2D eigenvalue weighted by Crippen LogP contribution is 2.29. The van der Waals surface area contributed by atoms with Crippen LogP contribution in [0, 0.1) is 5.92 Å². The Morgan fingerprint density at radius 1 is 1.39 bits per heavy atom. The van der Waals surface area contributed by atoms with Crippen molar-refractivity contribution in [2.45, 2.75) is 44.9 Å². The first-order valence-corrected chi connectivity index (χ1v) is 6.86. The Bertz CT molecular complexity index is 281. The molecule has 104 valence electrons. The second kappa shape index (κ2) is 6.48. The molecule has 2 atom stereocenters. The third-order valence-electron chi connectivity index (χ3n) is 3.85. The molecule has 0 N–H and O–H groups in total. The van der Waals surface area contributed by atoms with E-state index in [9.17, 15) is 9.18 Å². The summed E-state index contributed by atoms with van der Waals surface area (Å²) < 4.78 is 24.4. The standard InChI is InChI=1S/C13H22FNO3/c1-2-18-13(16)10-3-6-15(12(14)9-10)11-4-7-17-8-5-11/h10-12H,2-9H2,1H3. The number of esters is 1. The van der Waals surface area contributed by atoms with Crippen LogP contribution in [-0.2, 0) is 14.3 Å². The topological polar surface area (TPSA) is 38.8 Å². The maximum absolute atomic E-state index is 14.2. The number of rotatable bonds is 3. The molecule has 2 heterocycles. The van der Waals surface area contributed by atoms with Crippen LogP contribution in [-0.4, -0.2) is 49.6 Å². The highest BCUT2D eigenvalue weighted by atomic mass is 19.1. The fraction of sp³-hybridized carbons (Fsp3) is 0.923. The van der Waals surface area contributed by atoms with Crippen molar-refractivity contribution in [3.05, 3.63) is 0 Å². The van der Waals surface area contributed by atoms with Gasteiger partial charge in [0.15, 0.2) is 6.30 Å². The van der Waals surface area contributed by atoms with Crippen molar-refractivity contribution >= 4 is 5.97 Å². The number of ether oxygens (including phenoxy) is 2. The first-order chi connectivity index (χ1) is 8.72. The van der Waals surface area contributed by atoms with Crippen LogP contribution in [0.25, 0.3) is 0 Å². The molecule has 2 fully saturated rings. The van der Waals surface area contributed by atoms with Crippen LogP contribution in [0.1, 0.15) is 32.6 Å². The van der Waals surface area contributed by atoms with Gasteiger partial charge in [0.1, 0.15) is 0 Å². The minimum atomic E-state index is -1.02. The third kappa shape index (κ3) is 3.20. The molecule has 0 aromatic heterocycles. The molecule has 0 bridgehead atoms. The van der Waals surface area contributed by atoms with Gasteiger partial charge in [-0.15, -0.1) is 0 Å². The minimum Gasteiger partial charge on any atom is -0.466 e. The van der Waals surface area contributed by atoms with E-state index in [1.807, 2.05) is 4.90 Å². The van der Waals surface area contributed by atoms with E-state index >= 15 is 0 Å². The molecule has 2 aliphatic heterocycles. The maximum atomic E-state index is 14.2. The molecule has 0 radical (unpaired) electrons. The Balaban J connectivity index is 1.85. The van der Waals surface area contributed by atoms with Crippen LogP contribution >= 0.6 is 0 Å². The fourth-order valence-electron chi connectivity index (χ4n) is 2.84. The Kier molecular flexibility index (Phi) is 4.95. The molecule has 0 aromatic rings. The number of halogens is 1. The summed E-state index contributed by atoms with van der Waals surface area (Å²) in [5.41, 5.74) is 0. The van der Waals surface area contributed by atoms with Gasteiger partial charge < -0.3 is 9.47 Å². The lowest BCUT2D eigenvalue weighted by molar-refractivity contribution is -0.153. The molecule has 2 rings (SSSR count). The zero-order valence-corrected chi connectivity index (χ0v) is 10.9. The van der Waals surface area contributed by atoms with Gasteiger partial charge in [-0.05, 0) is 26.2 Å². The van der Waals surface area contributed by atoms with E-state index in [2.05, 4.69) is 0 Å². The highest BCUT2D eigenvalue weighted by molar-refractivity contribution is 5.72. The number of nitrogens with zero attached hydrogens (tertiary/aromatic N) is 1. The zero-order chi connectivity index (χ0) is 13.0. The van der Waals surface area contributed by atoms with E-state index < -0.39 is 6.30 Å². The Morgan fingerprint density at radius 2 is 2.11 bits per heavy atom. The first kappa shape index (κ1) is 13.7. The van der Waals surface area contributed by atoms with E-state index in [0.29, 0.717) is 19.6 Å². The summed E-state index contributed by atoms with van der Waals surface area (Å²) in [7, 11) is 0. The lowest BCUT2D eigenvalue weighted by atomic mass is 9.93. The van der Waals surface area contributed by atoms with Crippen molar-refractivity contribution in [1.82, 2.24) is 4.90 Å². The molecule has 4 nitrogen and oxygen atoms in total. The van der Waals surface area contributed by atoms with Gasteiger partial charge in [-0.25, -0.2) is 4.39 Å². The van der Waals surface area contributed by atoms with Crippen molar-refractivity contribution in [2.75, 3.05) is 26.4 Å². The largest absolute Gasteiger partial charge is 0.466 e. The molecule has 2 saturated heterocycles. The second-order valence-electron chi connectivity index (χ2n) is 4.99. The summed E-state index contributed by atoms with van der Waals surface area (Å²) >= 11 is 0. The van der Waals surface area contributed by atoms with E-state index in [4.69, 9.17) is 9.47 Å². The Hall–Kier alpha value is -0.680. The lowest BCUT2D eigenvalue weighted by Crippen LogP contribution is -2.49. The number of carbonyl (C=O) groups excluding carboxylic acids is 1. The maximum Gasteiger partial charge on any atom is 0.309 e. The smallest absolute Gasteiger partial charge is 0.309 e. The molecule has 0 spiro atoms. The molecular formula is C13H22FNO3. The van der Waals surface area contributed by atoms with Crippen molar-refractivity contribution in [1.29, 1.82) is 0 Å². The molecule has 2 unspecified atom stereocenters. The summed E-state index contributed by atoms with van der Waals surface area (Å²) in [6.45, 7) is 4.23. The van der Waals surface area contributed by atoms with Gasteiger partial charge >= 0.3 is 5.97 Å². The normalized spacial score (nSPS) is 31.2. The zero-order valence-electron chi connectivity index (χ0n) is 10.9. The van der Waals surface area contributed by atoms with Crippen molar-refractivity contribution in [2.24, 2.45) is 5.92 Å². The average Bonchev–Trinajstić information content (AvgIpc) is 2.40. The van der Waals surface area contributed by atoms with Gasteiger partial charge in [-0.1, -0.05) is 0 Å². The van der Waals surface area contributed by atoms with E-state index in [1.54, 1.807) is 6.92 Å². The SMILES string of the molecule is CCOC(=O)C1CCN(C2CCOCC2)C(F)C1. The molecular weight excluding hydrogens is 237 g/mol. The molecule has 0 aromatic carbocycles.